The molecule has 0 aliphatic carbocycles. The smallest absolute Gasteiger partial charge is 0.226 e. The van der Waals surface area contributed by atoms with Crippen LogP contribution in [-0.2, 0) is 19.8 Å². The van der Waals surface area contributed by atoms with Crippen molar-refractivity contribution in [1.29, 1.82) is 0 Å². The first-order valence-electron chi connectivity index (χ1n) is 11.1. The summed E-state index contributed by atoms with van der Waals surface area (Å²) in [6, 6.07) is 23.6. The number of pyridine rings is 1. The van der Waals surface area contributed by atoms with Gasteiger partial charge in [0.15, 0.2) is 0 Å². The van der Waals surface area contributed by atoms with Gasteiger partial charge in [0, 0.05) is 41.8 Å². The minimum Gasteiger partial charge on any atom is -0.487 e. The van der Waals surface area contributed by atoms with Crippen LogP contribution in [0.15, 0.2) is 95.8 Å². The third-order valence-corrected chi connectivity index (χ3v) is 5.65. The number of ether oxygens (including phenoxy) is 1. The van der Waals surface area contributed by atoms with Crippen LogP contribution in [0.5, 0.6) is 5.75 Å². The topological polar surface area (TPSA) is 73.3 Å². The largest absolute Gasteiger partial charge is 0.487 e. The molecule has 0 aliphatic heterocycles. The quantitative estimate of drug-likeness (QED) is 0.331. The summed E-state index contributed by atoms with van der Waals surface area (Å²) >= 11 is 0. The molecule has 0 spiro atoms. The van der Waals surface area contributed by atoms with Gasteiger partial charge in [-0.1, -0.05) is 36.4 Å². The van der Waals surface area contributed by atoms with Crippen LogP contribution >= 0.6 is 0 Å². The third kappa shape index (κ3) is 4.77. The number of aromatic nitrogens is 3. The van der Waals surface area contributed by atoms with Crippen LogP contribution in [0.3, 0.4) is 0 Å². The number of aryl methyl sites for hydroxylation is 1. The SMILES string of the molecule is Cc1oc(-c2ccccc2)nc1COc1ccc(Cn2cc(CO)c(-c3ccccn3)c2)cc1. The van der Waals surface area contributed by atoms with Crippen LogP contribution in [-0.4, -0.2) is 19.6 Å². The highest BCUT2D eigenvalue weighted by molar-refractivity contribution is 5.62. The molecule has 0 atom stereocenters. The van der Waals surface area contributed by atoms with E-state index in [1.54, 1.807) is 6.20 Å². The lowest BCUT2D eigenvalue weighted by molar-refractivity contribution is 0.282. The number of rotatable bonds is 8. The van der Waals surface area contributed by atoms with E-state index in [9.17, 15) is 5.11 Å². The first-order valence-corrected chi connectivity index (χ1v) is 11.1. The van der Waals surface area contributed by atoms with E-state index in [1.807, 2.05) is 92.1 Å². The Bertz CT molecular complexity index is 1360. The lowest BCUT2D eigenvalue weighted by atomic mass is 10.1. The molecule has 0 unspecified atom stereocenters. The van der Waals surface area contributed by atoms with Gasteiger partial charge in [-0.15, -0.1) is 0 Å². The van der Waals surface area contributed by atoms with E-state index in [2.05, 4.69) is 14.5 Å². The first-order chi connectivity index (χ1) is 16.7. The predicted molar refractivity (Wildman–Crippen MR) is 130 cm³/mol. The summed E-state index contributed by atoms with van der Waals surface area (Å²) in [6.45, 7) is 2.90. The highest BCUT2D eigenvalue weighted by Crippen LogP contribution is 2.25. The number of oxazole rings is 1. The Morgan fingerprint density at radius 3 is 2.47 bits per heavy atom. The van der Waals surface area contributed by atoms with E-state index < -0.39 is 0 Å². The zero-order chi connectivity index (χ0) is 23.3. The van der Waals surface area contributed by atoms with Gasteiger partial charge in [-0.2, -0.15) is 0 Å². The van der Waals surface area contributed by atoms with Crippen molar-refractivity contribution in [3.63, 3.8) is 0 Å². The fraction of sp³-hybridized carbons (Fsp3) is 0.143. The number of aliphatic hydroxyl groups excluding tert-OH is 1. The summed E-state index contributed by atoms with van der Waals surface area (Å²) in [7, 11) is 0. The minimum atomic E-state index is -0.0286. The van der Waals surface area contributed by atoms with Gasteiger partial charge in [0.25, 0.3) is 0 Å². The molecular formula is C28H25N3O3. The van der Waals surface area contributed by atoms with Crippen molar-refractivity contribution >= 4 is 0 Å². The van der Waals surface area contributed by atoms with Crippen molar-refractivity contribution in [3.8, 4) is 28.5 Å². The molecule has 0 fully saturated rings. The van der Waals surface area contributed by atoms with Crippen LogP contribution < -0.4 is 4.74 Å². The summed E-state index contributed by atoms with van der Waals surface area (Å²) in [5.41, 5.74) is 5.52. The van der Waals surface area contributed by atoms with Crippen LogP contribution in [0.2, 0.25) is 0 Å². The molecule has 0 amide bonds. The summed E-state index contributed by atoms with van der Waals surface area (Å²) < 4.78 is 13.8. The summed E-state index contributed by atoms with van der Waals surface area (Å²) in [4.78, 5) is 9.00. The normalized spacial score (nSPS) is 11.0. The highest BCUT2D eigenvalue weighted by Gasteiger charge is 2.12. The van der Waals surface area contributed by atoms with Gasteiger partial charge in [0.1, 0.15) is 23.8 Å². The molecule has 0 bridgehead atoms. The molecular weight excluding hydrogens is 426 g/mol. The Labute approximate surface area is 198 Å². The summed E-state index contributed by atoms with van der Waals surface area (Å²) in [5.74, 6) is 2.13. The lowest BCUT2D eigenvalue weighted by Gasteiger charge is -2.07. The summed E-state index contributed by atoms with van der Waals surface area (Å²) in [6.07, 6.45) is 5.75. The second kappa shape index (κ2) is 9.77. The molecule has 0 radical (unpaired) electrons. The van der Waals surface area contributed by atoms with Crippen molar-refractivity contribution < 1.29 is 14.3 Å². The fourth-order valence-electron chi connectivity index (χ4n) is 3.85. The van der Waals surface area contributed by atoms with E-state index in [1.165, 1.54) is 0 Å². The maximum absolute atomic E-state index is 9.76. The molecule has 0 saturated heterocycles. The van der Waals surface area contributed by atoms with E-state index in [4.69, 9.17) is 9.15 Å². The monoisotopic (exact) mass is 451 g/mol. The molecule has 0 aliphatic rings. The predicted octanol–water partition coefficient (Wildman–Crippen LogP) is 5.63. The zero-order valence-electron chi connectivity index (χ0n) is 18.9. The number of hydrogen-bond donors (Lipinski definition) is 1. The van der Waals surface area contributed by atoms with Gasteiger partial charge in [-0.3, -0.25) is 4.98 Å². The van der Waals surface area contributed by atoms with E-state index >= 15 is 0 Å². The second-order valence-electron chi connectivity index (χ2n) is 8.06. The molecule has 6 heteroatoms. The molecule has 1 N–H and O–H groups in total. The molecule has 5 rings (SSSR count). The maximum atomic E-state index is 9.76. The van der Waals surface area contributed by atoms with Gasteiger partial charge in [0.2, 0.25) is 5.89 Å². The molecule has 34 heavy (non-hydrogen) atoms. The standard InChI is InChI=1S/C28H25N3O3/c1-20-27(30-28(34-20)22-7-3-2-4-8-22)19-33-24-12-10-21(11-13-24)15-31-16-23(18-32)25(17-31)26-9-5-6-14-29-26/h2-14,16-17,32H,15,18-19H2,1H3. The summed E-state index contributed by atoms with van der Waals surface area (Å²) in [5, 5.41) is 9.76. The van der Waals surface area contributed by atoms with Crippen LogP contribution in [0, 0.1) is 6.92 Å². The number of hydrogen-bond acceptors (Lipinski definition) is 5. The molecule has 0 saturated carbocycles. The molecule has 3 heterocycles. The van der Waals surface area contributed by atoms with Gasteiger partial charge >= 0.3 is 0 Å². The first kappa shape index (κ1) is 21.7. The minimum absolute atomic E-state index is 0.0286. The average molecular weight is 452 g/mol. The van der Waals surface area contributed by atoms with Crippen molar-refractivity contribution in [2.45, 2.75) is 26.7 Å². The van der Waals surface area contributed by atoms with Crippen LogP contribution in [0.4, 0.5) is 0 Å². The van der Waals surface area contributed by atoms with Crippen molar-refractivity contribution in [3.05, 3.63) is 114 Å². The van der Waals surface area contributed by atoms with E-state index in [0.717, 1.165) is 45.2 Å². The Hall–Kier alpha value is -4.16. The highest BCUT2D eigenvalue weighted by atomic mass is 16.5. The van der Waals surface area contributed by atoms with Gasteiger partial charge in [0.05, 0.1) is 12.3 Å². The van der Waals surface area contributed by atoms with Crippen molar-refractivity contribution in [2.24, 2.45) is 0 Å². The van der Waals surface area contributed by atoms with Crippen molar-refractivity contribution in [1.82, 2.24) is 14.5 Å². The molecule has 6 nitrogen and oxygen atoms in total. The Kier molecular flexibility index (Phi) is 6.23. The number of benzene rings is 2. The Morgan fingerprint density at radius 2 is 1.74 bits per heavy atom. The van der Waals surface area contributed by atoms with E-state index in [-0.39, 0.29) is 6.61 Å². The fourth-order valence-corrected chi connectivity index (χ4v) is 3.85. The number of aliphatic hydroxyl groups is 1. The average Bonchev–Trinajstić information content (AvgIpc) is 3.47. The number of nitrogens with zero attached hydrogens (tertiary/aromatic N) is 3. The van der Waals surface area contributed by atoms with Crippen LogP contribution in [0.1, 0.15) is 22.6 Å². The maximum Gasteiger partial charge on any atom is 0.226 e. The van der Waals surface area contributed by atoms with Crippen LogP contribution in [0.25, 0.3) is 22.7 Å². The molecule has 5 aromatic rings. The van der Waals surface area contributed by atoms with E-state index in [0.29, 0.717) is 19.0 Å². The van der Waals surface area contributed by atoms with Crippen molar-refractivity contribution in [2.75, 3.05) is 0 Å². The molecule has 3 aromatic heterocycles. The van der Waals surface area contributed by atoms with Gasteiger partial charge < -0.3 is 18.8 Å². The third-order valence-electron chi connectivity index (χ3n) is 5.65. The molecule has 2 aromatic carbocycles. The Morgan fingerprint density at radius 1 is 0.941 bits per heavy atom. The Balaban J connectivity index is 1.24. The van der Waals surface area contributed by atoms with Gasteiger partial charge in [-0.05, 0) is 48.9 Å². The second-order valence-corrected chi connectivity index (χ2v) is 8.06. The lowest BCUT2D eigenvalue weighted by Crippen LogP contribution is -1.99. The van der Waals surface area contributed by atoms with Gasteiger partial charge in [-0.25, -0.2) is 4.98 Å². The zero-order valence-corrected chi connectivity index (χ0v) is 18.9. The molecule has 170 valence electrons.